The largest absolute Gasteiger partial charge is 0.373 e. The van der Waals surface area contributed by atoms with Crippen molar-refractivity contribution in [1.29, 1.82) is 0 Å². The van der Waals surface area contributed by atoms with Crippen LogP contribution in [-0.2, 0) is 4.74 Å². The molecule has 16 heavy (non-hydrogen) atoms. The van der Waals surface area contributed by atoms with Crippen LogP contribution in [0.2, 0.25) is 0 Å². The predicted molar refractivity (Wildman–Crippen MR) is 67.7 cm³/mol. The molecule has 2 fully saturated rings. The highest BCUT2D eigenvalue weighted by Gasteiger charge is 2.30. The van der Waals surface area contributed by atoms with Gasteiger partial charge in [-0.05, 0) is 45.1 Å². The number of hydrogen-bond donors (Lipinski definition) is 1. The Kier molecular flexibility index (Phi) is 5.11. The monoisotopic (exact) mass is 225 g/mol. The van der Waals surface area contributed by atoms with Gasteiger partial charge >= 0.3 is 0 Å². The van der Waals surface area contributed by atoms with E-state index in [1.54, 1.807) is 0 Å². The van der Waals surface area contributed by atoms with E-state index in [0.29, 0.717) is 18.2 Å². The fourth-order valence-electron chi connectivity index (χ4n) is 3.10. The third-order valence-corrected chi connectivity index (χ3v) is 4.03. The second-order valence-corrected chi connectivity index (χ2v) is 5.43. The van der Waals surface area contributed by atoms with Crippen LogP contribution in [-0.4, -0.2) is 24.8 Å². The van der Waals surface area contributed by atoms with Gasteiger partial charge in [0.15, 0.2) is 0 Å². The molecule has 0 saturated heterocycles. The zero-order valence-corrected chi connectivity index (χ0v) is 10.7. The van der Waals surface area contributed by atoms with Gasteiger partial charge in [0.25, 0.3) is 0 Å². The minimum Gasteiger partial charge on any atom is -0.373 e. The first-order valence-corrected chi connectivity index (χ1v) is 7.29. The molecule has 0 spiro atoms. The van der Waals surface area contributed by atoms with E-state index in [2.05, 4.69) is 12.2 Å². The molecule has 0 aromatic rings. The SMILES string of the molecule is CCCNC1CCCC1OC1CCCCC1. The van der Waals surface area contributed by atoms with Gasteiger partial charge in [-0.2, -0.15) is 0 Å². The average molecular weight is 225 g/mol. The fourth-order valence-corrected chi connectivity index (χ4v) is 3.10. The van der Waals surface area contributed by atoms with Gasteiger partial charge < -0.3 is 10.1 Å². The lowest BCUT2D eigenvalue weighted by atomic mass is 9.97. The second-order valence-electron chi connectivity index (χ2n) is 5.43. The maximum Gasteiger partial charge on any atom is 0.0731 e. The van der Waals surface area contributed by atoms with Gasteiger partial charge in [-0.25, -0.2) is 0 Å². The molecule has 2 atom stereocenters. The van der Waals surface area contributed by atoms with Gasteiger partial charge in [0, 0.05) is 6.04 Å². The van der Waals surface area contributed by atoms with Crippen molar-refractivity contribution >= 4 is 0 Å². The Morgan fingerprint density at radius 1 is 1.00 bits per heavy atom. The molecule has 0 bridgehead atoms. The minimum absolute atomic E-state index is 0.509. The first kappa shape index (κ1) is 12.4. The van der Waals surface area contributed by atoms with E-state index in [1.165, 1.54) is 57.8 Å². The van der Waals surface area contributed by atoms with Crippen molar-refractivity contribution in [1.82, 2.24) is 5.32 Å². The van der Waals surface area contributed by atoms with E-state index >= 15 is 0 Å². The summed E-state index contributed by atoms with van der Waals surface area (Å²) in [5.74, 6) is 0. The molecular formula is C14H27NO. The van der Waals surface area contributed by atoms with Crippen LogP contribution in [0.4, 0.5) is 0 Å². The Bertz CT molecular complexity index is 189. The zero-order chi connectivity index (χ0) is 11.2. The number of ether oxygens (including phenoxy) is 1. The summed E-state index contributed by atoms with van der Waals surface area (Å²) in [7, 11) is 0. The van der Waals surface area contributed by atoms with Crippen LogP contribution in [0.1, 0.15) is 64.7 Å². The number of rotatable bonds is 5. The summed E-state index contributed by atoms with van der Waals surface area (Å²) in [5.41, 5.74) is 0. The molecule has 2 saturated carbocycles. The van der Waals surface area contributed by atoms with Crippen molar-refractivity contribution in [3.8, 4) is 0 Å². The van der Waals surface area contributed by atoms with E-state index in [4.69, 9.17) is 4.74 Å². The van der Waals surface area contributed by atoms with Gasteiger partial charge in [0.05, 0.1) is 12.2 Å². The number of nitrogens with one attached hydrogen (secondary N) is 1. The van der Waals surface area contributed by atoms with E-state index < -0.39 is 0 Å². The van der Waals surface area contributed by atoms with Crippen molar-refractivity contribution in [3.63, 3.8) is 0 Å². The highest BCUT2D eigenvalue weighted by Crippen LogP contribution is 2.28. The zero-order valence-electron chi connectivity index (χ0n) is 10.7. The third kappa shape index (κ3) is 3.46. The molecule has 2 aliphatic rings. The summed E-state index contributed by atoms with van der Waals surface area (Å²) >= 11 is 0. The Morgan fingerprint density at radius 2 is 1.81 bits per heavy atom. The van der Waals surface area contributed by atoms with Crippen LogP contribution in [0, 0.1) is 0 Å². The highest BCUT2D eigenvalue weighted by molar-refractivity contribution is 4.85. The van der Waals surface area contributed by atoms with Crippen molar-refractivity contribution < 1.29 is 4.74 Å². The highest BCUT2D eigenvalue weighted by atomic mass is 16.5. The summed E-state index contributed by atoms with van der Waals surface area (Å²) in [4.78, 5) is 0. The third-order valence-electron chi connectivity index (χ3n) is 4.03. The van der Waals surface area contributed by atoms with Gasteiger partial charge in [-0.15, -0.1) is 0 Å². The maximum atomic E-state index is 6.30. The van der Waals surface area contributed by atoms with E-state index in [0.717, 1.165) is 6.54 Å². The molecule has 1 N–H and O–H groups in total. The van der Waals surface area contributed by atoms with Gasteiger partial charge in [0.1, 0.15) is 0 Å². The molecule has 2 unspecified atom stereocenters. The lowest BCUT2D eigenvalue weighted by Crippen LogP contribution is -2.39. The van der Waals surface area contributed by atoms with Crippen LogP contribution >= 0.6 is 0 Å². The summed E-state index contributed by atoms with van der Waals surface area (Å²) in [5, 5.41) is 3.65. The summed E-state index contributed by atoms with van der Waals surface area (Å²) in [6.45, 7) is 3.38. The van der Waals surface area contributed by atoms with Crippen molar-refractivity contribution in [3.05, 3.63) is 0 Å². The molecule has 2 heteroatoms. The maximum absolute atomic E-state index is 6.30. The Morgan fingerprint density at radius 3 is 2.56 bits per heavy atom. The lowest BCUT2D eigenvalue weighted by Gasteiger charge is -2.29. The summed E-state index contributed by atoms with van der Waals surface area (Å²) < 4.78 is 6.30. The molecule has 2 rings (SSSR count). The molecule has 0 aliphatic heterocycles. The Hall–Kier alpha value is -0.0800. The van der Waals surface area contributed by atoms with E-state index in [9.17, 15) is 0 Å². The standard InChI is InChI=1S/C14H27NO/c1-2-11-15-13-9-6-10-14(13)16-12-7-4-3-5-8-12/h12-15H,2-11H2,1H3. The van der Waals surface area contributed by atoms with Gasteiger partial charge in [-0.3, -0.25) is 0 Å². The predicted octanol–water partition coefficient (Wildman–Crippen LogP) is 3.26. The lowest BCUT2D eigenvalue weighted by molar-refractivity contribution is -0.0374. The molecule has 2 aliphatic carbocycles. The van der Waals surface area contributed by atoms with Crippen LogP contribution in [0.5, 0.6) is 0 Å². The molecule has 0 aromatic carbocycles. The summed E-state index contributed by atoms with van der Waals surface area (Å²) in [6, 6.07) is 0.641. The first-order chi connectivity index (χ1) is 7.90. The average Bonchev–Trinajstić information content (AvgIpc) is 2.75. The fraction of sp³-hybridized carbons (Fsp3) is 1.00. The normalized spacial score (nSPS) is 32.1. The molecule has 2 nitrogen and oxygen atoms in total. The molecule has 0 radical (unpaired) electrons. The van der Waals surface area contributed by atoms with Crippen molar-refractivity contribution in [2.45, 2.75) is 83.0 Å². The first-order valence-electron chi connectivity index (χ1n) is 7.29. The van der Waals surface area contributed by atoms with Crippen molar-refractivity contribution in [2.75, 3.05) is 6.54 Å². The molecule has 0 amide bonds. The van der Waals surface area contributed by atoms with E-state index in [-0.39, 0.29) is 0 Å². The summed E-state index contributed by atoms with van der Waals surface area (Å²) in [6.07, 6.45) is 13.0. The van der Waals surface area contributed by atoms with Crippen molar-refractivity contribution in [2.24, 2.45) is 0 Å². The molecule has 94 valence electrons. The topological polar surface area (TPSA) is 21.3 Å². The van der Waals surface area contributed by atoms with Crippen LogP contribution in [0.3, 0.4) is 0 Å². The van der Waals surface area contributed by atoms with Crippen LogP contribution < -0.4 is 5.32 Å². The Balaban J connectivity index is 1.73. The van der Waals surface area contributed by atoms with Crippen LogP contribution in [0.25, 0.3) is 0 Å². The van der Waals surface area contributed by atoms with E-state index in [1.807, 2.05) is 0 Å². The molecule has 0 aromatic heterocycles. The smallest absolute Gasteiger partial charge is 0.0731 e. The second kappa shape index (κ2) is 6.61. The van der Waals surface area contributed by atoms with Gasteiger partial charge in [0.2, 0.25) is 0 Å². The molecule has 0 heterocycles. The minimum atomic E-state index is 0.509. The number of hydrogen-bond acceptors (Lipinski definition) is 2. The molecular weight excluding hydrogens is 198 g/mol. The van der Waals surface area contributed by atoms with Crippen LogP contribution in [0.15, 0.2) is 0 Å². The Labute approximate surface area is 100 Å². The quantitative estimate of drug-likeness (QED) is 0.775. The van der Waals surface area contributed by atoms with Gasteiger partial charge in [-0.1, -0.05) is 26.2 Å².